The number of halogens is 1. The zero-order valence-electron chi connectivity index (χ0n) is 19.5. The average molecular weight is 502 g/mol. The predicted octanol–water partition coefficient (Wildman–Crippen LogP) is 3.97. The first-order chi connectivity index (χ1) is 16.4. The van der Waals surface area contributed by atoms with Crippen LogP contribution in [0.25, 0.3) is 0 Å². The number of nitrogens with one attached hydrogen (secondary N) is 2. The molecular weight excluding hydrogens is 474 g/mol. The molecule has 1 fully saturated rings. The zero-order valence-corrected chi connectivity index (χ0v) is 21.0. The lowest BCUT2D eigenvalue weighted by atomic mass is 10.2. The summed E-state index contributed by atoms with van der Waals surface area (Å²) in [5, 5.41) is 7.67. The molecule has 0 saturated carbocycles. The van der Waals surface area contributed by atoms with Gasteiger partial charge < -0.3 is 20.3 Å². The Bertz CT molecular complexity index is 1130. The molecule has 0 unspecified atom stereocenters. The Morgan fingerprint density at radius 2 is 2.00 bits per heavy atom. The summed E-state index contributed by atoms with van der Waals surface area (Å²) >= 11 is 7.48. The first-order valence-corrected chi connectivity index (χ1v) is 12.2. The SMILES string of the molecule is COCCN1CCN(c2cc(Nc3cnc(C(=O)Nc4c(C)cccc4Cl)s3)nc(C)n2)CC1. The van der Waals surface area contributed by atoms with E-state index < -0.39 is 0 Å². The number of para-hydroxylation sites is 1. The monoisotopic (exact) mass is 501 g/mol. The van der Waals surface area contributed by atoms with Gasteiger partial charge in [-0.05, 0) is 25.5 Å². The predicted molar refractivity (Wildman–Crippen MR) is 137 cm³/mol. The maximum absolute atomic E-state index is 12.7. The molecule has 0 aliphatic carbocycles. The molecule has 3 heterocycles. The molecule has 1 saturated heterocycles. The minimum atomic E-state index is -0.305. The van der Waals surface area contributed by atoms with Crippen molar-refractivity contribution in [1.82, 2.24) is 19.9 Å². The quantitative estimate of drug-likeness (QED) is 0.478. The van der Waals surface area contributed by atoms with Crippen molar-refractivity contribution in [2.24, 2.45) is 0 Å². The van der Waals surface area contributed by atoms with Crippen molar-refractivity contribution in [1.29, 1.82) is 0 Å². The van der Waals surface area contributed by atoms with Crippen LogP contribution in [0.15, 0.2) is 30.5 Å². The van der Waals surface area contributed by atoms with E-state index in [1.807, 2.05) is 32.0 Å². The molecule has 180 valence electrons. The van der Waals surface area contributed by atoms with Gasteiger partial charge in [0.2, 0.25) is 0 Å². The van der Waals surface area contributed by atoms with E-state index in [0.29, 0.717) is 27.4 Å². The number of hydrogen-bond donors (Lipinski definition) is 2. The number of ether oxygens (including phenoxy) is 1. The van der Waals surface area contributed by atoms with Gasteiger partial charge >= 0.3 is 0 Å². The summed E-state index contributed by atoms with van der Waals surface area (Å²) in [4.78, 5) is 30.8. The molecule has 1 amide bonds. The summed E-state index contributed by atoms with van der Waals surface area (Å²) in [6.45, 7) is 9.18. The number of carbonyl (C=O) groups excluding carboxylic acids is 1. The van der Waals surface area contributed by atoms with Crippen LogP contribution in [-0.2, 0) is 4.74 Å². The van der Waals surface area contributed by atoms with Gasteiger partial charge in [0.05, 0.1) is 23.5 Å². The third-order valence-electron chi connectivity index (χ3n) is 5.54. The molecule has 0 bridgehead atoms. The lowest BCUT2D eigenvalue weighted by molar-refractivity contribution is 0.102. The summed E-state index contributed by atoms with van der Waals surface area (Å²) in [6, 6.07) is 7.42. The smallest absolute Gasteiger partial charge is 0.284 e. The Balaban J connectivity index is 1.41. The number of benzene rings is 1. The largest absolute Gasteiger partial charge is 0.383 e. The highest BCUT2D eigenvalue weighted by atomic mass is 35.5. The van der Waals surface area contributed by atoms with Crippen molar-refractivity contribution in [2.45, 2.75) is 13.8 Å². The Morgan fingerprint density at radius 1 is 1.21 bits per heavy atom. The highest BCUT2D eigenvalue weighted by molar-refractivity contribution is 7.17. The fourth-order valence-electron chi connectivity index (χ4n) is 3.72. The standard InChI is InChI=1S/C23H28ClN7O2S/c1-15-5-4-6-17(24)21(15)29-22(32)23-25-14-20(34-23)28-18-13-19(27-16(2)26-18)31-9-7-30(8-10-31)11-12-33-3/h4-6,13-14H,7-12H2,1-3H3,(H,29,32)(H,26,27,28). The number of carbonyl (C=O) groups is 1. The summed E-state index contributed by atoms with van der Waals surface area (Å²) < 4.78 is 5.18. The summed E-state index contributed by atoms with van der Waals surface area (Å²) in [6.07, 6.45) is 1.63. The minimum absolute atomic E-state index is 0.305. The second kappa shape index (κ2) is 11.1. The second-order valence-corrected chi connectivity index (χ2v) is 9.46. The number of methoxy groups -OCH3 is 1. The molecule has 9 nitrogen and oxygen atoms in total. The van der Waals surface area contributed by atoms with E-state index in [9.17, 15) is 4.79 Å². The van der Waals surface area contributed by atoms with Gasteiger partial charge in [0, 0.05) is 45.9 Å². The molecule has 34 heavy (non-hydrogen) atoms. The number of aromatic nitrogens is 3. The maximum Gasteiger partial charge on any atom is 0.284 e. The molecule has 3 aromatic rings. The number of hydrogen-bond acceptors (Lipinski definition) is 9. The third-order valence-corrected chi connectivity index (χ3v) is 6.77. The van der Waals surface area contributed by atoms with Gasteiger partial charge in [-0.15, -0.1) is 0 Å². The molecule has 2 N–H and O–H groups in total. The summed E-state index contributed by atoms with van der Waals surface area (Å²) in [7, 11) is 1.73. The van der Waals surface area contributed by atoms with E-state index in [2.05, 4.69) is 35.4 Å². The van der Waals surface area contributed by atoms with Crippen molar-refractivity contribution >= 4 is 51.2 Å². The topological polar surface area (TPSA) is 95.5 Å². The molecule has 0 radical (unpaired) electrons. The first-order valence-electron chi connectivity index (χ1n) is 11.0. The van der Waals surface area contributed by atoms with Crippen LogP contribution in [0.2, 0.25) is 5.02 Å². The molecule has 1 aliphatic heterocycles. The van der Waals surface area contributed by atoms with Gasteiger partial charge in [-0.1, -0.05) is 35.1 Å². The van der Waals surface area contributed by atoms with Gasteiger partial charge in [0.25, 0.3) is 5.91 Å². The van der Waals surface area contributed by atoms with Crippen molar-refractivity contribution in [3.63, 3.8) is 0 Å². The Labute approximate surface area is 208 Å². The van der Waals surface area contributed by atoms with Crippen LogP contribution in [0, 0.1) is 13.8 Å². The molecule has 11 heteroatoms. The highest BCUT2D eigenvalue weighted by Crippen LogP contribution is 2.28. The molecule has 0 spiro atoms. The van der Waals surface area contributed by atoms with Crippen LogP contribution in [0.3, 0.4) is 0 Å². The van der Waals surface area contributed by atoms with Gasteiger partial charge in [-0.2, -0.15) is 0 Å². The molecule has 4 rings (SSSR count). The fraction of sp³-hybridized carbons (Fsp3) is 0.391. The minimum Gasteiger partial charge on any atom is -0.383 e. The van der Waals surface area contributed by atoms with Crippen LogP contribution < -0.4 is 15.5 Å². The molecule has 2 aromatic heterocycles. The van der Waals surface area contributed by atoms with Gasteiger partial charge in [0.15, 0.2) is 5.01 Å². The molecule has 1 aliphatic rings. The van der Waals surface area contributed by atoms with Crippen molar-refractivity contribution in [3.8, 4) is 0 Å². The first kappa shape index (κ1) is 24.3. The van der Waals surface area contributed by atoms with Crippen molar-refractivity contribution < 1.29 is 9.53 Å². The van der Waals surface area contributed by atoms with E-state index in [1.54, 1.807) is 19.4 Å². The second-order valence-electron chi connectivity index (χ2n) is 8.02. The molecular formula is C23H28ClN7O2S. The number of rotatable bonds is 8. The van der Waals surface area contributed by atoms with Crippen LogP contribution in [0.5, 0.6) is 0 Å². The van der Waals surface area contributed by atoms with E-state index in [0.717, 1.165) is 55.7 Å². The number of nitrogens with zero attached hydrogens (tertiary/aromatic N) is 5. The number of thiazole rings is 1. The molecule has 0 atom stereocenters. The van der Waals surface area contributed by atoms with Gasteiger partial charge in [-0.3, -0.25) is 9.69 Å². The van der Waals surface area contributed by atoms with Crippen LogP contribution in [0.1, 0.15) is 21.2 Å². The number of piperazine rings is 1. The Morgan fingerprint density at radius 3 is 2.74 bits per heavy atom. The fourth-order valence-corrected chi connectivity index (χ4v) is 4.71. The maximum atomic E-state index is 12.7. The molecule has 1 aromatic carbocycles. The third kappa shape index (κ3) is 6.01. The Hall–Kier alpha value is -2.79. The number of amides is 1. The van der Waals surface area contributed by atoms with Crippen LogP contribution >= 0.6 is 22.9 Å². The lowest BCUT2D eigenvalue weighted by Gasteiger charge is -2.35. The van der Waals surface area contributed by atoms with Crippen molar-refractivity contribution in [3.05, 3.63) is 51.9 Å². The van der Waals surface area contributed by atoms with Gasteiger partial charge in [0.1, 0.15) is 22.5 Å². The average Bonchev–Trinajstić information content (AvgIpc) is 3.28. The summed E-state index contributed by atoms with van der Waals surface area (Å²) in [5.74, 6) is 1.93. The highest BCUT2D eigenvalue weighted by Gasteiger charge is 2.19. The van der Waals surface area contributed by atoms with Gasteiger partial charge in [-0.25, -0.2) is 15.0 Å². The zero-order chi connectivity index (χ0) is 24.1. The van der Waals surface area contributed by atoms with Crippen LogP contribution in [-0.4, -0.2) is 72.2 Å². The van der Waals surface area contributed by atoms with E-state index in [-0.39, 0.29) is 5.91 Å². The lowest BCUT2D eigenvalue weighted by Crippen LogP contribution is -2.47. The summed E-state index contributed by atoms with van der Waals surface area (Å²) in [5.41, 5.74) is 1.48. The number of anilines is 4. The van der Waals surface area contributed by atoms with Crippen molar-refractivity contribution in [2.75, 3.05) is 62.0 Å². The van der Waals surface area contributed by atoms with E-state index >= 15 is 0 Å². The van der Waals surface area contributed by atoms with Crippen LogP contribution in [0.4, 0.5) is 22.3 Å². The van der Waals surface area contributed by atoms with E-state index in [1.165, 1.54) is 11.3 Å². The van der Waals surface area contributed by atoms with E-state index in [4.69, 9.17) is 16.3 Å². The normalized spacial score (nSPS) is 14.3. The Kier molecular flexibility index (Phi) is 7.94. The number of aryl methyl sites for hydroxylation is 2.